The van der Waals surface area contributed by atoms with Crippen LogP contribution in [0.3, 0.4) is 0 Å². The van der Waals surface area contributed by atoms with Gasteiger partial charge in [-0.3, -0.25) is 0 Å². The van der Waals surface area contributed by atoms with Crippen molar-refractivity contribution >= 4 is 17.7 Å². The van der Waals surface area contributed by atoms with E-state index >= 15 is 0 Å². The molecule has 2 aromatic rings. The number of benzene rings is 1. The van der Waals surface area contributed by atoms with Gasteiger partial charge in [0.2, 0.25) is 0 Å². The Hall–Kier alpha value is -2.90. The Kier molecular flexibility index (Phi) is 5.83. The van der Waals surface area contributed by atoms with Crippen molar-refractivity contribution in [3.8, 4) is 0 Å². The van der Waals surface area contributed by atoms with Gasteiger partial charge in [-0.25, -0.2) is 9.59 Å². The molecule has 0 unspecified atom stereocenters. The number of aromatic nitrogens is 3. The molecular formula is C18H23N5O3. The molecule has 3 rings (SSSR count). The molecule has 0 fully saturated rings. The molecule has 0 spiro atoms. The lowest BCUT2D eigenvalue weighted by molar-refractivity contribution is 0.0500. The van der Waals surface area contributed by atoms with Crippen LogP contribution in [0.4, 0.5) is 10.5 Å². The third-order valence-corrected chi connectivity index (χ3v) is 4.20. The van der Waals surface area contributed by atoms with E-state index in [0.29, 0.717) is 24.4 Å². The lowest BCUT2D eigenvalue weighted by Gasteiger charge is -2.09. The highest BCUT2D eigenvalue weighted by Crippen LogP contribution is 2.14. The van der Waals surface area contributed by atoms with Crippen molar-refractivity contribution in [3.05, 3.63) is 41.5 Å². The largest absolute Gasteiger partial charge is 0.462 e. The Morgan fingerprint density at radius 1 is 1.23 bits per heavy atom. The number of nitrogens with one attached hydrogen (secondary N) is 2. The summed E-state index contributed by atoms with van der Waals surface area (Å²) in [4.78, 5) is 23.9. The van der Waals surface area contributed by atoms with Gasteiger partial charge in [0.25, 0.3) is 0 Å². The van der Waals surface area contributed by atoms with Gasteiger partial charge in [0.15, 0.2) is 5.82 Å². The van der Waals surface area contributed by atoms with Crippen LogP contribution in [0.15, 0.2) is 24.3 Å². The highest BCUT2D eigenvalue weighted by Gasteiger charge is 2.17. The van der Waals surface area contributed by atoms with Gasteiger partial charge in [-0.05, 0) is 37.1 Å². The number of carbonyl (C=O) groups excluding carboxylic acids is 2. The van der Waals surface area contributed by atoms with E-state index in [1.165, 1.54) is 0 Å². The zero-order chi connectivity index (χ0) is 18.4. The predicted molar refractivity (Wildman–Crippen MR) is 95.8 cm³/mol. The SMILES string of the molecule is CCCCOC(=O)c1ccc(NC(=O)NCc2nnc3n2CCC3)cc1. The number of carbonyl (C=O) groups is 2. The average molecular weight is 357 g/mol. The summed E-state index contributed by atoms with van der Waals surface area (Å²) < 4.78 is 7.19. The first-order chi connectivity index (χ1) is 12.7. The molecule has 2 N–H and O–H groups in total. The van der Waals surface area contributed by atoms with E-state index < -0.39 is 0 Å². The number of esters is 1. The second-order valence-electron chi connectivity index (χ2n) is 6.16. The monoisotopic (exact) mass is 357 g/mol. The van der Waals surface area contributed by atoms with Crippen LogP contribution in [0, 0.1) is 0 Å². The molecule has 138 valence electrons. The van der Waals surface area contributed by atoms with Gasteiger partial charge in [0.05, 0.1) is 18.7 Å². The Bertz CT molecular complexity index is 770. The Balaban J connectivity index is 1.47. The fourth-order valence-electron chi connectivity index (χ4n) is 2.76. The maximum Gasteiger partial charge on any atom is 0.338 e. The third-order valence-electron chi connectivity index (χ3n) is 4.20. The zero-order valence-electron chi connectivity index (χ0n) is 14.8. The summed E-state index contributed by atoms with van der Waals surface area (Å²) in [6.07, 6.45) is 3.83. The number of urea groups is 1. The van der Waals surface area contributed by atoms with Crippen molar-refractivity contribution in [2.75, 3.05) is 11.9 Å². The van der Waals surface area contributed by atoms with Gasteiger partial charge in [0, 0.05) is 18.7 Å². The van der Waals surface area contributed by atoms with E-state index in [1.807, 2.05) is 11.5 Å². The van der Waals surface area contributed by atoms with Gasteiger partial charge < -0.3 is 19.9 Å². The van der Waals surface area contributed by atoms with E-state index in [-0.39, 0.29) is 12.0 Å². The zero-order valence-corrected chi connectivity index (χ0v) is 14.8. The first-order valence-electron chi connectivity index (χ1n) is 8.90. The molecule has 8 heteroatoms. The Labute approximate surface area is 151 Å². The average Bonchev–Trinajstić information content (AvgIpc) is 3.25. The fourth-order valence-corrected chi connectivity index (χ4v) is 2.76. The maximum atomic E-state index is 12.0. The molecule has 1 aromatic carbocycles. The highest BCUT2D eigenvalue weighted by molar-refractivity contribution is 5.92. The van der Waals surface area contributed by atoms with E-state index in [2.05, 4.69) is 20.8 Å². The molecule has 0 bridgehead atoms. The summed E-state index contributed by atoms with van der Waals surface area (Å²) >= 11 is 0. The summed E-state index contributed by atoms with van der Waals surface area (Å²) in [5, 5.41) is 13.7. The summed E-state index contributed by atoms with van der Waals surface area (Å²) in [5.74, 6) is 1.39. The minimum atomic E-state index is -0.352. The topological polar surface area (TPSA) is 98.1 Å². The minimum Gasteiger partial charge on any atom is -0.462 e. The van der Waals surface area contributed by atoms with E-state index in [0.717, 1.165) is 43.9 Å². The first-order valence-corrected chi connectivity index (χ1v) is 8.90. The number of aryl methyl sites for hydroxylation is 1. The number of ether oxygens (including phenoxy) is 1. The van der Waals surface area contributed by atoms with E-state index in [9.17, 15) is 9.59 Å². The summed E-state index contributed by atoms with van der Waals surface area (Å²) in [7, 11) is 0. The van der Waals surface area contributed by atoms with Crippen LogP contribution >= 0.6 is 0 Å². The van der Waals surface area contributed by atoms with Crippen LogP contribution in [0.5, 0.6) is 0 Å². The predicted octanol–water partition coefficient (Wildman–Crippen LogP) is 2.50. The van der Waals surface area contributed by atoms with Crippen molar-refractivity contribution in [2.24, 2.45) is 0 Å². The van der Waals surface area contributed by atoms with Gasteiger partial charge in [0.1, 0.15) is 5.82 Å². The second-order valence-corrected chi connectivity index (χ2v) is 6.16. The van der Waals surface area contributed by atoms with Gasteiger partial charge in [-0.1, -0.05) is 13.3 Å². The molecule has 8 nitrogen and oxygen atoms in total. The Morgan fingerprint density at radius 3 is 2.81 bits per heavy atom. The fraction of sp³-hybridized carbons (Fsp3) is 0.444. The summed E-state index contributed by atoms with van der Waals surface area (Å²) in [6.45, 7) is 3.68. The Morgan fingerprint density at radius 2 is 2.04 bits per heavy atom. The maximum absolute atomic E-state index is 12.0. The number of unbranched alkanes of at least 4 members (excludes halogenated alkanes) is 1. The van der Waals surface area contributed by atoms with Crippen molar-refractivity contribution in [2.45, 2.75) is 45.7 Å². The van der Waals surface area contributed by atoms with E-state index in [4.69, 9.17) is 4.74 Å². The molecule has 0 radical (unpaired) electrons. The van der Waals surface area contributed by atoms with E-state index in [1.54, 1.807) is 24.3 Å². The van der Waals surface area contributed by atoms with Gasteiger partial charge >= 0.3 is 12.0 Å². The second kappa shape index (κ2) is 8.46. The molecule has 1 aliphatic rings. The molecule has 2 heterocycles. The quantitative estimate of drug-likeness (QED) is 0.586. The number of hydrogen-bond acceptors (Lipinski definition) is 5. The number of hydrogen-bond donors (Lipinski definition) is 2. The molecule has 0 aliphatic carbocycles. The van der Waals surface area contributed by atoms with Crippen LogP contribution in [-0.2, 0) is 24.2 Å². The van der Waals surface area contributed by atoms with Crippen molar-refractivity contribution in [3.63, 3.8) is 0 Å². The normalized spacial score (nSPS) is 12.5. The standard InChI is InChI=1S/C18H23N5O3/c1-2-3-11-26-17(24)13-6-8-14(9-7-13)20-18(25)19-12-16-22-21-15-5-4-10-23(15)16/h6-9H,2-5,10-12H2,1H3,(H2,19,20,25). The number of rotatable bonds is 7. The summed E-state index contributed by atoms with van der Waals surface area (Å²) in [5.41, 5.74) is 1.06. The van der Waals surface area contributed by atoms with Gasteiger partial charge in [-0.15, -0.1) is 10.2 Å². The van der Waals surface area contributed by atoms with Crippen LogP contribution in [-0.4, -0.2) is 33.4 Å². The molecule has 1 aliphatic heterocycles. The number of fused-ring (bicyclic) bond motifs is 1. The van der Waals surface area contributed by atoms with Crippen molar-refractivity contribution in [1.82, 2.24) is 20.1 Å². The highest BCUT2D eigenvalue weighted by atomic mass is 16.5. The lowest BCUT2D eigenvalue weighted by Crippen LogP contribution is -2.29. The number of amides is 2. The molecular weight excluding hydrogens is 334 g/mol. The molecule has 0 saturated heterocycles. The smallest absolute Gasteiger partial charge is 0.338 e. The number of anilines is 1. The first kappa shape index (κ1) is 17.9. The molecule has 2 amide bonds. The third kappa shape index (κ3) is 4.38. The summed E-state index contributed by atoms with van der Waals surface area (Å²) in [6, 6.07) is 6.28. The molecule has 26 heavy (non-hydrogen) atoms. The van der Waals surface area contributed by atoms with Crippen molar-refractivity contribution < 1.29 is 14.3 Å². The molecule has 1 aromatic heterocycles. The lowest BCUT2D eigenvalue weighted by atomic mass is 10.2. The van der Waals surface area contributed by atoms with Crippen molar-refractivity contribution in [1.29, 1.82) is 0 Å². The van der Waals surface area contributed by atoms with Crippen LogP contribution in [0.1, 0.15) is 48.2 Å². The van der Waals surface area contributed by atoms with Crippen LogP contribution < -0.4 is 10.6 Å². The van der Waals surface area contributed by atoms with Crippen LogP contribution in [0.2, 0.25) is 0 Å². The number of nitrogens with zero attached hydrogens (tertiary/aromatic N) is 3. The molecule has 0 atom stereocenters. The van der Waals surface area contributed by atoms with Gasteiger partial charge in [-0.2, -0.15) is 0 Å². The van der Waals surface area contributed by atoms with Crippen LogP contribution in [0.25, 0.3) is 0 Å². The minimum absolute atomic E-state index is 0.320. The molecule has 0 saturated carbocycles.